The molecule has 0 saturated heterocycles. The summed E-state index contributed by atoms with van der Waals surface area (Å²) < 4.78 is 13.1. The Morgan fingerprint density at radius 2 is 1.95 bits per heavy atom. The molecule has 2 aromatic carbocycles. The molecule has 0 radical (unpaired) electrons. The molecule has 0 fully saturated rings. The number of halogens is 1. The minimum atomic E-state index is -0.423. The molecule has 104 valence electrons. The zero-order valence-corrected chi connectivity index (χ0v) is 10.8. The molecule has 0 aliphatic heterocycles. The van der Waals surface area contributed by atoms with Crippen LogP contribution in [0.1, 0.15) is 11.1 Å². The number of hydrogen-bond acceptors (Lipinski definition) is 3. The van der Waals surface area contributed by atoms with Gasteiger partial charge in [-0.05, 0) is 29.8 Å². The Balaban J connectivity index is 2.14. The molecule has 2 rings (SSSR count). The van der Waals surface area contributed by atoms with Crippen molar-refractivity contribution in [3.05, 3.63) is 59.4 Å². The van der Waals surface area contributed by atoms with Crippen molar-refractivity contribution in [1.82, 2.24) is 0 Å². The molecule has 0 spiro atoms. The van der Waals surface area contributed by atoms with Crippen LogP contribution in [0.25, 0.3) is 0 Å². The van der Waals surface area contributed by atoms with Gasteiger partial charge in [-0.2, -0.15) is 0 Å². The highest BCUT2D eigenvalue weighted by atomic mass is 19.1. The standard InChI is InChI=1S/C15H15FN2O2/c16-12-5-6-14(19)11(7-12)9-18-13-4-2-1-3-10(13)8-15(17)20/h1-7,18-19H,8-9H2,(H2,17,20). The Hall–Kier alpha value is -2.56. The maximum absolute atomic E-state index is 13.1. The van der Waals surface area contributed by atoms with E-state index in [1.165, 1.54) is 18.2 Å². The number of carbonyl (C=O) groups is 1. The topological polar surface area (TPSA) is 75.4 Å². The van der Waals surface area contributed by atoms with Gasteiger partial charge in [-0.25, -0.2) is 4.39 Å². The van der Waals surface area contributed by atoms with Gasteiger partial charge in [0, 0.05) is 17.8 Å². The van der Waals surface area contributed by atoms with Crippen LogP contribution in [0, 0.1) is 5.82 Å². The lowest BCUT2D eigenvalue weighted by atomic mass is 10.1. The summed E-state index contributed by atoms with van der Waals surface area (Å²) in [6, 6.07) is 11.0. The van der Waals surface area contributed by atoms with Crippen LogP contribution >= 0.6 is 0 Å². The maximum Gasteiger partial charge on any atom is 0.221 e. The summed E-state index contributed by atoms with van der Waals surface area (Å²) >= 11 is 0. The Morgan fingerprint density at radius 1 is 1.20 bits per heavy atom. The molecule has 0 bridgehead atoms. The highest BCUT2D eigenvalue weighted by Gasteiger charge is 2.07. The average molecular weight is 274 g/mol. The van der Waals surface area contributed by atoms with E-state index in [2.05, 4.69) is 5.32 Å². The van der Waals surface area contributed by atoms with Gasteiger partial charge >= 0.3 is 0 Å². The van der Waals surface area contributed by atoms with Crippen LogP contribution in [0.15, 0.2) is 42.5 Å². The molecule has 0 aliphatic carbocycles. The molecule has 2 aromatic rings. The van der Waals surface area contributed by atoms with Crippen LogP contribution in [0.5, 0.6) is 5.75 Å². The van der Waals surface area contributed by atoms with Crippen molar-refractivity contribution in [3.8, 4) is 5.75 Å². The summed E-state index contributed by atoms with van der Waals surface area (Å²) in [5.74, 6) is -0.816. The largest absolute Gasteiger partial charge is 0.508 e. The maximum atomic E-state index is 13.1. The second kappa shape index (κ2) is 6.06. The van der Waals surface area contributed by atoms with Gasteiger partial charge in [-0.3, -0.25) is 4.79 Å². The molecule has 0 atom stereocenters. The van der Waals surface area contributed by atoms with E-state index in [4.69, 9.17) is 5.73 Å². The fourth-order valence-corrected chi connectivity index (χ4v) is 1.92. The third kappa shape index (κ3) is 3.47. The average Bonchev–Trinajstić information content (AvgIpc) is 2.41. The van der Waals surface area contributed by atoms with E-state index in [1.54, 1.807) is 12.1 Å². The zero-order valence-electron chi connectivity index (χ0n) is 10.8. The summed E-state index contributed by atoms with van der Waals surface area (Å²) in [7, 11) is 0. The normalized spacial score (nSPS) is 10.2. The SMILES string of the molecule is NC(=O)Cc1ccccc1NCc1cc(F)ccc1O. The number of rotatable bonds is 5. The molecule has 20 heavy (non-hydrogen) atoms. The molecule has 0 heterocycles. The van der Waals surface area contributed by atoms with Crippen LogP contribution in [-0.2, 0) is 17.8 Å². The molecule has 0 saturated carbocycles. The third-order valence-corrected chi connectivity index (χ3v) is 2.89. The van der Waals surface area contributed by atoms with Crippen LogP contribution in [0.3, 0.4) is 0 Å². The van der Waals surface area contributed by atoms with Crippen molar-refractivity contribution in [2.24, 2.45) is 5.73 Å². The van der Waals surface area contributed by atoms with Gasteiger partial charge in [0.15, 0.2) is 0 Å². The number of benzene rings is 2. The summed E-state index contributed by atoms with van der Waals surface area (Å²) in [5.41, 5.74) is 7.12. The number of nitrogens with one attached hydrogen (secondary N) is 1. The zero-order chi connectivity index (χ0) is 14.5. The molecule has 4 N–H and O–H groups in total. The quantitative estimate of drug-likeness (QED) is 0.782. The van der Waals surface area contributed by atoms with E-state index in [1.807, 2.05) is 12.1 Å². The second-order valence-electron chi connectivity index (χ2n) is 4.43. The monoisotopic (exact) mass is 274 g/mol. The molecule has 5 heteroatoms. The number of aromatic hydroxyl groups is 1. The smallest absolute Gasteiger partial charge is 0.221 e. The first-order valence-corrected chi connectivity index (χ1v) is 6.13. The van der Waals surface area contributed by atoms with Gasteiger partial charge < -0.3 is 16.2 Å². The summed E-state index contributed by atoms with van der Waals surface area (Å²) in [6.45, 7) is 0.249. The summed E-state index contributed by atoms with van der Waals surface area (Å²) in [6.07, 6.45) is 0.123. The number of primary amides is 1. The van der Waals surface area contributed by atoms with Gasteiger partial charge in [0.25, 0.3) is 0 Å². The molecular weight excluding hydrogens is 259 g/mol. The first-order chi connectivity index (χ1) is 9.56. The van der Waals surface area contributed by atoms with Gasteiger partial charge in [0.05, 0.1) is 6.42 Å². The Labute approximate surface area is 116 Å². The Bertz CT molecular complexity index is 629. The first-order valence-electron chi connectivity index (χ1n) is 6.13. The minimum Gasteiger partial charge on any atom is -0.508 e. The number of amides is 1. The number of hydrogen-bond donors (Lipinski definition) is 3. The van der Waals surface area contributed by atoms with Gasteiger partial charge in [-0.1, -0.05) is 18.2 Å². The fraction of sp³-hybridized carbons (Fsp3) is 0.133. The van der Waals surface area contributed by atoms with E-state index >= 15 is 0 Å². The molecule has 1 amide bonds. The van der Waals surface area contributed by atoms with Crippen molar-refractivity contribution >= 4 is 11.6 Å². The lowest BCUT2D eigenvalue weighted by molar-refractivity contribution is -0.117. The Kier molecular flexibility index (Phi) is 4.20. The van der Waals surface area contributed by atoms with Crippen molar-refractivity contribution in [2.45, 2.75) is 13.0 Å². The molecule has 0 aromatic heterocycles. The van der Waals surface area contributed by atoms with Crippen molar-refractivity contribution < 1.29 is 14.3 Å². The number of carbonyl (C=O) groups excluding carboxylic acids is 1. The number of phenolic OH excluding ortho intramolecular Hbond substituents is 1. The van der Waals surface area contributed by atoms with Gasteiger partial charge in [-0.15, -0.1) is 0 Å². The predicted octanol–water partition coefficient (Wildman–Crippen LogP) is 2.17. The summed E-state index contributed by atoms with van der Waals surface area (Å²) in [4.78, 5) is 11.0. The lowest BCUT2D eigenvalue weighted by Gasteiger charge is -2.12. The number of para-hydroxylation sites is 1. The van der Waals surface area contributed by atoms with E-state index in [0.717, 1.165) is 11.3 Å². The van der Waals surface area contributed by atoms with Crippen LogP contribution < -0.4 is 11.1 Å². The fourth-order valence-electron chi connectivity index (χ4n) is 1.92. The minimum absolute atomic E-state index is 0.0197. The van der Waals surface area contributed by atoms with E-state index < -0.39 is 11.7 Å². The highest BCUT2D eigenvalue weighted by molar-refractivity contribution is 5.78. The second-order valence-corrected chi connectivity index (χ2v) is 4.43. The first kappa shape index (κ1) is 13.9. The van der Waals surface area contributed by atoms with Crippen LogP contribution in [0.4, 0.5) is 10.1 Å². The predicted molar refractivity (Wildman–Crippen MR) is 74.7 cm³/mol. The molecular formula is C15H15FN2O2. The van der Waals surface area contributed by atoms with Crippen LogP contribution in [0.2, 0.25) is 0 Å². The highest BCUT2D eigenvalue weighted by Crippen LogP contribution is 2.21. The molecule has 0 aliphatic rings. The third-order valence-electron chi connectivity index (χ3n) is 2.89. The molecule has 4 nitrogen and oxygen atoms in total. The Morgan fingerprint density at radius 3 is 2.70 bits per heavy atom. The van der Waals surface area contributed by atoms with Gasteiger partial charge in [0.1, 0.15) is 11.6 Å². The summed E-state index contributed by atoms with van der Waals surface area (Å²) in [5, 5.41) is 12.7. The molecule has 0 unspecified atom stereocenters. The van der Waals surface area contributed by atoms with E-state index in [-0.39, 0.29) is 18.7 Å². The number of nitrogens with two attached hydrogens (primary N) is 1. The number of phenols is 1. The van der Waals surface area contributed by atoms with Crippen molar-refractivity contribution in [3.63, 3.8) is 0 Å². The van der Waals surface area contributed by atoms with E-state index in [9.17, 15) is 14.3 Å². The van der Waals surface area contributed by atoms with Crippen LogP contribution in [-0.4, -0.2) is 11.0 Å². The van der Waals surface area contributed by atoms with E-state index in [0.29, 0.717) is 5.56 Å². The van der Waals surface area contributed by atoms with Gasteiger partial charge in [0.2, 0.25) is 5.91 Å². The number of anilines is 1. The lowest BCUT2D eigenvalue weighted by Crippen LogP contribution is -2.15. The van der Waals surface area contributed by atoms with Crippen molar-refractivity contribution in [1.29, 1.82) is 0 Å². The van der Waals surface area contributed by atoms with Crippen molar-refractivity contribution in [2.75, 3.05) is 5.32 Å².